The third-order valence-corrected chi connectivity index (χ3v) is 9.93. The first-order valence-electron chi connectivity index (χ1n) is 20.7. The van der Waals surface area contributed by atoms with E-state index in [1.807, 2.05) is 17.9 Å². The molecule has 7 N–H and O–H groups in total. The lowest BCUT2D eigenvalue weighted by atomic mass is 10.1. The molecule has 20 heteroatoms. The molecular weight excluding hydrogens is 829 g/mol. The van der Waals surface area contributed by atoms with Gasteiger partial charge in [0.15, 0.2) is 11.5 Å². The number of aromatic nitrogens is 3. The van der Waals surface area contributed by atoms with Gasteiger partial charge in [-0.05, 0) is 115 Å². The summed E-state index contributed by atoms with van der Waals surface area (Å²) < 4.78 is 62.5. The van der Waals surface area contributed by atoms with Gasteiger partial charge in [0.05, 0.1) is 44.5 Å². The molecule has 18 nitrogen and oxygen atoms in total. The van der Waals surface area contributed by atoms with Crippen LogP contribution < -0.4 is 45.9 Å². The van der Waals surface area contributed by atoms with Crippen molar-refractivity contribution in [1.82, 2.24) is 30.6 Å². The molecule has 0 radical (unpaired) electrons. The Balaban J connectivity index is 1.38. The second-order valence-electron chi connectivity index (χ2n) is 14.1. The molecule has 1 amide bonds. The van der Waals surface area contributed by atoms with Gasteiger partial charge in [-0.25, -0.2) is 5.84 Å². The summed E-state index contributed by atoms with van der Waals surface area (Å²) in [6.07, 6.45) is 11.2. The van der Waals surface area contributed by atoms with E-state index in [1.165, 1.54) is 11.1 Å². The zero-order valence-electron chi connectivity index (χ0n) is 35.4. The number of benzene rings is 2. The third kappa shape index (κ3) is 21.1. The van der Waals surface area contributed by atoms with E-state index in [0.29, 0.717) is 98.8 Å². The van der Waals surface area contributed by atoms with Crippen molar-refractivity contribution in [3.63, 3.8) is 0 Å². The van der Waals surface area contributed by atoms with Gasteiger partial charge >= 0.3 is 0 Å². The molecular formula is C41H64N8O10S2. The average molecular weight is 893 g/mol. The monoisotopic (exact) mass is 892 g/mol. The van der Waals surface area contributed by atoms with Crippen LogP contribution in [0.4, 0.5) is 0 Å². The van der Waals surface area contributed by atoms with Crippen LogP contribution in [0, 0.1) is 0 Å². The van der Waals surface area contributed by atoms with Crippen LogP contribution in [-0.4, -0.2) is 116 Å². The lowest BCUT2D eigenvalue weighted by molar-refractivity contribution is 0.0950. The summed E-state index contributed by atoms with van der Waals surface area (Å²) in [4.78, 5) is 24.7. The molecule has 1 heterocycles. The van der Waals surface area contributed by atoms with E-state index >= 15 is 0 Å². The molecule has 0 saturated heterocycles. The number of hydrogen-bond donors (Lipinski definition) is 6. The fraction of sp³-hybridized carbons (Fsp3) is 0.561. The van der Waals surface area contributed by atoms with E-state index in [1.54, 1.807) is 37.4 Å². The fourth-order valence-corrected chi connectivity index (χ4v) is 6.43. The molecule has 0 saturated carbocycles. The number of aryl methyl sites for hydroxylation is 2. The molecule has 1 aromatic heterocycles. The molecule has 61 heavy (non-hydrogen) atoms. The fourth-order valence-electron chi connectivity index (χ4n) is 5.82. The van der Waals surface area contributed by atoms with Crippen LogP contribution in [0.5, 0.6) is 28.7 Å². The number of amides is 1. The molecule has 0 unspecified atom stereocenters. The Morgan fingerprint density at radius 1 is 0.902 bits per heavy atom. The van der Waals surface area contributed by atoms with Crippen molar-refractivity contribution >= 4 is 34.9 Å². The molecule has 0 fully saturated rings. The predicted octanol–water partition coefficient (Wildman–Crippen LogP) is 4.20. The number of allylic oxidation sites excluding steroid dienone is 1. The number of hydrazine groups is 1. The highest BCUT2D eigenvalue weighted by molar-refractivity contribution is 7.85. The Morgan fingerprint density at radius 2 is 1.59 bits per heavy atom. The molecule has 0 atom stereocenters. The third-order valence-electron chi connectivity index (χ3n) is 8.81. The van der Waals surface area contributed by atoms with Crippen LogP contribution in [0.3, 0.4) is 0 Å². The standard InChI is InChI=1S/C41H64N8O10S2/c1-3-55-38-26-33(27-39(40(38)59-20-10-22-60)58-21-11-23-61(52,53)54)41(51)45-15-9-16-48(43)29-34(42)12-4-6-18-56-36-24-32(31-50)25-37(28-36)57-19-7-5-13-35-30-49(47-46-35)17-8-14-44-2/h24-31,44,60H,3-23,42-43H2,1-2H3,(H,45,51)(H,52,53,54)/b34-29-. The van der Waals surface area contributed by atoms with Gasteiger partial charge in [0.1, 0.15) is 17.8 Å². The SMILES string of the molecule is CCOc1cc(C(=O)NCCCN(N)/C=C(\N)CCCCOc2cc(C=O)cc(OCCCCc3cn(CCCNC)nn3)c2)cc(OCCCS(=O)(=O)O)c1OCCCS. The Labute approximate surface area is 365 Å². The minimum atomic E-state index is -4.15. The molecule has 3 aromatic rings. The maximum absolute atomic E-state index is 13.2. The Kier molecular flexibility index (Phi) is 23.8. The molecule has 2 aromatic carbocycles. The summed E-state index contributed by atoms with van der Waals surface area (Å²) in [5, 5.41) is 15.9. The lowest BCUT2D eigenvalue weighted by Gasteiger charge is -2.18. The Hall–Kier alpha value is -4.76. The number of carbonyl (C=O) groups excluding carboxylic acids is 2. The van der Waals surface area contributed by atoms with Crippen molar-refractivity contribution in [2.45, 2.75) is 77.7 Å². The van der Waals surface area contributed by atoms with E-state index in [4.69, 9.17) is 39.8 Å². The summed E-state index contributed by atoms with van der Waals surface area (Å²) in [5.41, 5.74) is 8.52. The number of hydrogen-bond acceptors (Lipinski definition) is 16. The van der Waals surface area contributed by atoms with Gasteiger partial charge in [-0.2, -0.15) is 21.0 Å². The zero-order valence-corrected chi connectivity index (χ0v) is 37.1. The smallest absolute Gasteiger partial charge is 0.264 e. The lowest BCUT2D eigenvalue weighted by Crippen LogP contribution is -2.31. The molecule has 3 rings (SSSR count). The van der Waals surface area contributed by atoms with E-state index in [2.05, 4.69) is 33.6 Å². The normalized spacial score (nSPS) is 11.6. The summed E-state index contributed by atoms with van der Waals surface area (Å²) in [5.74, 6) is 7.84. The predicted molar refractivity (Wildman–Crippen MR) is 236 cm³/mol. The number of nitrogens with one attached hydrogen (secondary N) is 2. The Morgan fingerprint density at radius 3 is 2.26 bits per heavy atom. The quantitative estimate of drug-likeness (QED) is 0.0123. The van der Waals surface area contributed by atoms with Crippen LogP contribution in [0.1, 0.15) is 91.1 Å². The highest BCUT2D eigenvalue weighted by Crippen LogP contribution is 2.39. The van der Waals surface area contributed by atoms with Gasteiger partial charge in [-0.1, -0.05) is 5.21 Å². The topological polar surface area (TPSA) is 245 Å². The van der Waals surface area contributed by atoms with Crippen LogP contribution in [0.15, 0.2) is 48.4 Å². The number of unbranched alkanes of at least 4 members (excludes halogenated alkanes) is 2. The summed E-state index contributed by atoms with van der Waals surface area (Å²) >= 11 is 4.21. The van der Waals surface area contributed by atoms with E-state index in [0.717, 1.165) is 63.6 Å². The minimum Gasteiger partial charge on any atom is -0.493 e. The summed E-state index contributed by atoms with van der Waals surface area (Å²) in [6.45, 7) is 5.80. The first kappa shape index (κ1) is 50.6. The first-order chi connectivity index (χ1) is 29.4. The summed E-state index contributed by atoms with van der Waals surface area (Å²) in [7, 11) is -2.22. The molecule has 0 bridgehead atoms. The van der Waals surface area contributed by atoms with E-state index in [9.17, 15) is 18.0 Å². The van der Waals surface area contributed by atoms with Gasteiger partial charge in [0.25, 0.3) is 16.0 Å². The minimum absolute atomic E-state index is 0.0292. The van der Waals surface area contributed by atoms with Crippen molar-refractivity contribution in [2.24, 2.45) is 11.6 Å². The number of carbonyl (C=O) groups is 2. The number of rotatable bonds is 34. The van der Waals surface area contributed by atoms with Gasteiger partial charge < -0.3 is 45.1 Å². The van der Waals surface area contributed by atoms with Crippen LogP contribution in [0.2, 0.25) is 0 Å². The second kappa shape index (κ2) is 28.7. The van der Waals surface area contributed by atoms with Crippen molar-refractivity contribution < 1.29 is 46.2 Å². The van der Waals surface area contributed by atoms with Gasteiger partial charge in [0.2, 0.25) is 5.75 Å². The van der Waals surface area contributed by atoms with E-state index < -0.39 is 15.9 Å². The molecule has 0 aliphatic rings. The highest BCUT2D eigenvalue weighted by atomic mass is 32.2. The summed E-state index contributed by atoms with van der Waals surface area (Å²) in [6, 6.07) is 8.24. The maximum Gasteiger partial charge on any atom is 0.264 e. The molecule has 0 spiro atoms. The number of nitrogens with zero attached hydrogens (tertiary/aromatic N) is 4. The van der Waals surface area contributed by atoms with Gasteiger partial charge in [-0.15, -0.1) is 5.10 Å². The first-order valence-corrected chi connectivity index (χ1v) is 23.0. The largest absolute Gasteiger partial charge is 0.493 e. The van der Waals surface area contributed by atoms with Crippen LogP contribution in [-0.2, 0) is 23.1 Å². The number of thiol groups is 1. The number of aldehydes is 1. The van der Waals surface area contributed by atoms with Gasteiger partial charge in [0, 0.05) is 54.9 Å². The molecule has 0 aliphatic carbocycles. The zero-order chi connectivity index (χ0) is 44.3. The molecule has 340 valence electrons. The van der Waals surface area contributed by atoms with Crippen LogP contribution in [0.25, 0.3) is 0 Å². The Bertz CT molecular complexity index is 1900. The van der Waals surface area contributed by atoms with Crippen molar-refractivity contribution in [1.29, 1.82) is 0 Å². The van der Waals surface area contributed by atoms with Crippen molar-refractivity contribution in [3.8, 4) is 28.7 Å². The second-order valence-corrected chi connectivity index (χ2v) is 16.1. The number of nitrogens with two attached hydrogens (primary N) is 2. The molecule has 0 aliphatic heterocycles. The van der Waals surface area contributed by atoms with Gasteiger partial charge in [-0.3, -0.25) is 18.8 Å². The van der Waals surface area contributed by atoms with E-state index in [-0.39, 0.29) is 30.2 Å². The van der Waals surface area contributed by atoms with Crippen LogP contribution >= 0.6 is 12.6 Å². The van der Waals surface area contributed by atoms with Crippen molar-refractivity contribution in [3.05, 3.63) is 65.2 Å². The highest BCUT2D eigenvalue weighted by Gasteiger charge is 2.19. The maximum atomic E-state index is 13.2. The number of ether oxygens (including phenoxy) is 5. The van der Waals surface area contributed by atoms with Crippen molar-refractivity contribution in [2.75, 3.05) is 71.2 Å². The average Bonchev–Trinajstić information content (AvgIpc) is 3.68.